The van der Waals surface area contributed by atoms with Crippen molar-refractivity contribution >= 4 is 28.9 Å². The predicted molar refractivity (Wildman–Crippen MR) is 76.4 cm³/mol. The van der Waals surface area contributed by atoms with Crippen LogP contribution in [-0.4, -0.2) is 11.1 Å². The molecule has 0 aliphatic heterocycles. The zero-order chi connectivity index (χ0) is 14.7. The number of hydrogen-bond acceptors (Lipinski definition) is 3. The molecule has 0 saturated heterocycles. The average Bonchev–Trinajstić information content (AvgIpc) is 2.41. The molecule has 1 amide bonds. The average molecular weight is 293 g/mol. The molecule has 0 aromatic heterocycles. The lowest BCUT2D eigenvalue weighted by atomic mass is 10.1. The Balaban J connectivity index is 2.24. The second kappa shape index (κ2) is 6.02. The van der Waals surface area contributed by atoms with Crippen molar-refractivity contribution in [1.82, 2.24) is 0 Å². The Morgan fingerprint density at radius 2 is 1.90 bits per heavy atom. The number of nitrogens with one attached hydrogen (secondary N) is 2. The third kappa shape index (κ3) is 3.34. The van der Waals surface area contributed by atoms with E-state index >= 15 is 0 Å². The third-order valence-corrected chi connectivity index (χ3v) is 3.10. The molecule has 6 heteroatoms. The van der Waals surface area contributed by atoms with Gasteiger partial charge in [0.05, 0.1) is 10.6 Å². The Labute approximate surface area is 120 Å². The summed E-state index contributed by atoms with van der Waals surface area (Å²) in [5.74, 6) is -0.443. The molecule has 20 heavy (non-hydrogen) atoms. The fourth-order valence-corrected chi connectivity index (χ4v) is 1.87. The molecule has 2 rings (SSSR count). The molecule has 104 valence electrons. The summed E-state index contributed by atoms with van der Waals surface area (Å²) in [5, 5.41) is 21.6. The van der Waals surface area contributed by atoms with Crippen molar-refractivity contribution in [3.63, 3.8) is 0 Å². The van der Waals surface area contributed by atoms with Crippen LogP contribution in [0.2, 0.25) is 5.02 Å². The van der Waals surface area contributed by atoms with Crippen molar-refractivity contribution in [3.05, 3.63) is 63.8 Å². The minimum atomic E-state index is -1.11. The Bertz CT molecular complexity index is 627. The molecule has 0 aliphatic rings. The summed E-state index contributed by atoms with van der Waals surface area (Å²) in [7, 11) is 0. The standard InChI is InChI=1S/C14H13ClN2O3/c1-9-2-4-10(5-3-9)16-14(18)12-8-11(17(19)20)6-7-13(12)15/h2-8,17,19H,1H3,(H,16,18). The van der Waals surface area contributed by atoms with Crippen molar-refractivity contribution in [2.45, 2.75) is 6.92 Å². The van der Waals surface area contributed by atoms with Gasteiger partial charge < -0.3 is 10.5 Å². The summed E-state index contributed by atoms with van der Waals surface area (Å²) >= 11 is 5.93. The molecule has 1 unspecified atom stereocenters. The first-order valence-corrected chi connectivity index (χ1v) is 6.26. The van der Waals surface area contributed by atoms with Crippen molar-refractivity contribution < 1.29 is 15.2 Å². The quantitative estimate of drug-likeness (QED) is 0.760. The Kier molecular flexibility index (Phi) is 4.36. The first-order chi connectivity index (χ1) is 9.47. The number of anilines is 1. The lowest BCUT2D eigenvalue weighted by molar-refractivity contribution is -0.991. The van der Waals surface area contributed by atoms with E-state index in [1.807, 2.05) is 19.1 Å². The monoisotopic (exact) mass is 292 g/mol. The van der Waals surface area contributed by atoms with Gasteiger partial charge in [0.15, 0.2) is 5.69 Å². The second-order valence-corrected chi connectivity index (χ2v) is 4.73. The molecule has 0 heterocycles. The van der Waals surface area contributed by atoms with Crippen LogP contribution in [0.1, 0.15) is 15.9 Å². The maximum atomic E-state index is 12.1. The van der Waals surface area contributed by atoms with E-state index in [0.29, 0.717) is 5.69 Å². The highest BCUT2D eigenvalue weighted by atomic mass is 35.5. The van der Waals surface area contributed by atoms with Crippen LogP contribution in [0, 0.1) is 12.1 Å². The van der Waals surface area contributed by atoms with Gasteiger partial charge in [0.2, 0.25) is 0 Å². The third-order valence-electron chi connectivity index (χ3n) is 2.77. The van der Waals surface area contributed by atoms with E-state index in [-0.39, 0.29) is 16.3 Å². The highest BCUT2D eigenvalue weighted by Gasteiger charge is 2.14. The summed E-state index contributed by atoms with van der Waals surface area (Å²) in [6, 6.07) is 11.3. The van der Waals surface area contributed by atoms with Crippen LogP contribution in [0.3, 0.4) is 0 Å². The Morgan fingerprint density at radius 3 is 2.50 bits per heavy atom. The molecule has 0 radical (unpaired) electrons. The number of amides is 1. The number of hydrogen-bond donors (Lipinski definition) is 3. The summed E-state index contributed by atoms with van der Waals surface area (Å²) in [6.45, 7) is 1.94. The molecule has 3 N–H and O–H groups in total. The first kappa shape index (κ1) is 14.5. The zero-order valence-corrected chi connectivity index (χ0v) is 11.4. The van der Waals surface area contributed by atoms with Crippen LogP contribution in [0.25, 0.3) is 0 Å². The van der Waals surface area contributed by atoms with E-state index < -0.39 is 11.1 Å². The summed E-state index contributed by atoms with van der Waals surface area (Å²) < 4.78 is 0. The minimum Gasteiger partial charge on any atom is -0.595 e. The lowest BCUT2D eigenvalue weighted by Gasteiger charge is -2.13. The van der Waals surface area contributed by atoms with Gasteiger partial charge in [0.1, 0.15) is 0 Å². The van der Waals surface area contributed by atoms with Gasteiger partial charge in [0, 0.05) is 17.8 Å². The number of carbonyl (C=O) groups excluding carboxylic acids is 1. The van der Waals surface area contributed by atoms with E-state index in [1.165, 1.54) is 18.2 Å². The van der Waals surface area contributed by atoms with Gasteiger partial charge in [-0.2, -0.15) is 5.23 Å². The SMILES string of the molecule is Cc1ccc(NC(=O)c2cc([NH+]([O-])O)ccc2Cl)cc1. The van der Waals surface area contributed by atoms with E-state index in [4.69, 9.17) is 16.8 Å². The normalized spacial score (nSPS) is 12.0. The lowest BCUT2D eigenvalue weighted by Crippen LogP contribution is -2.99. The molecule has 0 saturated carbocycles. The van der Waals surface area contributed by atoms with Gasteiger partial charge in [-0.1, -0.05) is 29.3 Å². The van der Waals surface area contributed by atoms with Gasteiger partial charge in [0.25, 0.3) is 5.91 Å². The molecule has 0 spiro atoms. The van der Waals surface area contributed by atoms with Gasteiger partial charge in [-0.3, -0.25) is 4.79 Å². The molecule has 5 nitrogen and oxygen atoms in total. The van der Waals surface area contributed by atoms with Crippen molar-refractivity contribution in [1.29, 1.82) is 0 Å². The Morgan fingerprint density at radius 1 is 1.25 bits per heavy atom. The second-order valence-electron chi connectivity index (χ2n) is 4.32. The predicted octanol–water partition coefficient (Wildman–Crippen LogP) is 2.30. The minimum absolute atomic E-state index is 0.0171. The number of rotatable bonds is 3. The topological polar surface area (TPSA) is 76.8 Å². The van der Waals surface area contributed by atoms with Crippen LogP contribution in [0.5, 0.6) is 0 Å². The number of carbonyl (C=O) groups is 1. The number of benzene rings is 2. The molecular weight excluding hydrogens is 280 g/mol. The largest absolute Gasteiger partial charge is 0.595 e. The maximum absolute atomic E-state index is 12.1. The summed E-state index contributed by atoms with van der Waals surface area (Å²) in [5.41, 5.74) is 1.85. The Hall–Kier alpha value is -1.92. The number of aryl methyl sites for hydroxylation is 1. The summed E-state index contributed by atoms with van der Waals surface area (Å²) in [4.78, 5) is 12.1. The van der Waals surface area contributed by atoms with Crippen LogP contribution in [0.15, 0.2) is 42.5 Å². The fourth-order valence-electron chi connectivity index (χ4n) is 1.67. The smallest absolute Gasteiger partial charge is 0.257 e. The highest BCUT2D eigenvalue weighted by molar-refractivity contribution is 6.34. The fraction of sp³-hybridized carbons (Fsp3) is 0.0714. The maximum Gasteiger partial charge on any atom is 0.257 e. The molecule has 0 bridgehead atoms. The molecule has 2 aromatic rings. The first-order valence-electron chi connectivity index (χ1n) is 5.88. The van der Waals surface area contributed by atoms with Gasteiger partial charge in [-0.05, 0) is 25.1 Å². The van der Waals surface area contributed by atoms with Gasteiger partial charge in [-0.25, -0.2) is 5.21 Å². The molecular formula is C14H13ClN2O3. The van der Waals surface area contributed by atoms with Crippen LogP contribution in [-0.2, 0) is 0 Å². The van der Waals surface area contributed by atoms with E-state index in [0.717, 1.165) is 5.56 Å². The highest BCUT2D eigenvalue weighted by Crippen LogP contribution is 2.20. The van der Waals surface area contributed by atoms with Gasteiger partial charge in [-0.15, -0.1) is 0 Å². The molecule has 1 atom stereocenters. The van der Waals surface area contributed by atoms with Crippen molar-refractivity contribution in [2.75, 3.05) is 5.32 Å². The molecule has 2 aromatic carbocycles. The van der Waals surface area contributed by atoms with Crippen molar-refractivity contribution in [3.8, 4) is 0 Å². The number of halogens is 1. The zero-order valence-electron chi connectivity index (χ0n) is 10.7. The van der Waals surface area contributed by atoms with E-state index in [1.54, 1.807) is 12.1 Å². The van der Waals surface area contributed by atoms with E-state index in [2.05, 4.69) is 5.32 Å². The van der Waals surface area contributed by atoms with Crippen LogP contribution in [0.4, 0.5) is 11.4 Å². The van der Waals surface area contributed by atoms with E-state index in [9.17, 15) is 10.0 Å². The molecule has 0 aliphatic carbocycles. The van der Waals surface area contributed by atoms with Crippen LogP contribution < -0.4 is 10.5 Å². The van der Waals surface area contributed by atoms with Crippen molar-refractivity contribution in [2.24, 2.45) is 0 Å². The van der Waals surface area contributed by atoms with Crippen LogP contribution >= 0.6 is 11.6 Å². The number of quaternary nitrogens is 1. The van der Waals surface area contributed by atoms with Gasteiger partial charge >= 0.3 is 0 Å². The summed E-state index contributed by atoms with van der Waals surface area (Å²) in [6.07, 6.45) is 0. The molecule has 0 fully saturated rings.